The third kappa shape index (κ3) is 1.87. The maximum atomic E-state index is 5.98. The zero-order valence-electron chi connectivity index (χ0n) is 6.87. The van der Waals surface area contributed by atoms with Crippen molar-refractivity contribution in [3.05, 3.63) is 32.8 Å². The molecule has 0 bridgehead atoms. The normalized spacial score (nSPS) is 10.8. The van der Waals surface area contributed by atoms with Gasteiger partial charge in [-0.2, -0.15) is 0 Å². The lowest BCUT2D eigenvalue weighted by molar-refractivity contribution is 0.867. The van der Waals surface area contributed by atoms with Gasteiger partial charge in [0.2, 0.25) is 0 Å². The van der Waals surface area contributed by atoms with Crippen LogP contribution in [0.5, 0.6) is 0 Å². The molecule has 1 rings (SSSR count). The van der Waals surface area contributed by atoms with Crippen LogP contribution in [0, 0.1) is 0 Å². The molecule has 3 heteroatoms. The van der Waals surface area contributed by atoms with Gasteiger partial charge in [-0.1, -0.05) is 48.7 Å². The van der Waals surface area contributed by atoms with E-state index >= 15 is 0 Å². The van der Waals surface area contributed by atoms with Gasteiger partial charge in [0.05, 0.1) is 10.0 Å². The minimum atomic E-state index is 0.295. The molecule has 0 saturated heterocycles. The van der Waals surface area contributed by atoms with E-state index in [9.17, 15) is 0 Å². The monoisotopic (exact) mass is 222 g/mol. The molecule has 0 nitrogen and oxygen atoms in total. The van der Waals surface area contributed by atoms with Crippen molar-refractivity contribution in [3.8, 4) is 0 Å². The van der Waals surface area contributed by atoms with Gasteiger partial charge in [0.25, 0.3) is 0 Å². The molecule has 0 saturated carbocycles. The Bertz CT molecular complexity index is 292. The molecule has 0 unspecified atom stereocenters. The molecule has 0 radical (unpaired) electrons. The largest absolute Gasteiger partial charge is 0.0840 e. The topological polar surface area (TPSA) is 0 Å². The number of hydrogen-bond donors (Lipinski definition) is 0. The second-order valence-electron chi connectivity index (χ2n) is 2.91. The van der Waals surface area contributed by atoms with Crippen LogP contribution in [0.1, 0.15) is 25.3 Å². The van der Waals surface area contributed by atoms with E-state index in [1.54, 1.807) is 12.1 Å². The van der Waals surface area contributed by atoms with Crippen LogP contribution in [0.4, 0.5) is 0 Å². The molecule has 0 amide bonds. The Labute approximate surface area is 87.4 Å². The second kappa shape index (κ2) is 3.87. The van der Waals surface area contributed by atoms with E-state index in [0.29, 0.717) is 21.0 Å². The van der Waals surface area contributed by atoms with E-state index in [1.807, 2.05) is 13.8 Å². The van der Waals surface area contributed by atoms with E-state index in [1.165, 1.54) is 0 Å². The summed E-state index contributed by atoms with van der Waals surface area (Å²) in [4.78, 5) is 0. The van der Waals surface area contributed by atoms with E-state index < -0.39 is 0 Å². The summed E-state index contributed by atoms with van der Waals surface area (Å²) in [5.41, 5.74) is 0.922. The first-order valence-electron chi connectivity index (χ1n) is 3.67. The van der Waals surface area contributed by atoms with Crippen LogP contribution in [0.15, 0.2) is 12.1 Å². The van der Waals surface area contributed by atoms with Gasteiger partial charge in [0.15, 0.2) is 0 Å². The van der Waals surface area contributed by atoms with Gasteiger partial charge in [-0.3, -0.25) is 0 Å². The Kier molecular flexibility index (Phi) is 3.28. The molecule has 1 aromatic rings. The highest BCUT2D eigenvalue weighted by Crippen LogP contribution is 2.35. The van der Waals surface area contributed by atoms with Gasteiger partial charge in [0.1, 0.15) is 0 Å². The predicted octanol–water partition coefficient (Wildman–Crippen LogP) is 4.77. The fraction of sp³-hybridized carbons (Fsp3) is 0.333. The minimum absolute atomic E-state index is 0.295. The summed E-state index contributed by atoms with van der Waals surface area (Å²) in [5, 5.41) is 1.81. The molecule has 0 aliphatic carbocycles. The standard InChI is InChI=1S/C9H9Cl3/c1-5(2)8-6(10)3-4-7(11)9(8)12/h3-5H,1-2H3. The Morgan fingerprint density at radius 1 is 1.00 bits per heavy atom. The Morgan fingerprint density at radius 2 is 1.50 bits per heavy atom. The molecule has 0 aliphatic heterocycles. The van der Waals surface area contributed by atoms with Crippen LogP contribution in [0.2, 0.25) is 15.1 Å². The number of rotatable bonds is 1. The lowest BCUT2D eigenvalue weighted by Gasteiger charge is -2.11. The molecule has 0 heterocycles. The Morgan fingerprint density at radius 3 is 1.92 bits per heavy atom. The molecule has 0 fully saturated rings. The Hall–Kier alpha value is 0.0900. The van der Waals surface area contributed by atoms with E-state index in [-0.39, 0.29) is 0 Å². The summed E-state index contributed by atoms with van der Waals surface area (Å²) in [6, 6.07) is 3.48. The highest BCUT2D eigenvalue weighted by atomic mass is 35.5. The van der Waals surface area contributed by atoms with Gasteiger partial charge >= 0.3 is 0 Å². The average molecular weight is 224 g/mol. The van der Waals surface area contributed by atoms with Crippen molar-refractivity contribution in [2.75, 3.05) is 0 Å². The van der Waals surface area contributed by atoms with Crippen LogP contribution in [-0.2, 0) is 0 Å². The number of hydrogen-bond acceptors (Lipinski definition) is 0. The quantitative estimate of drug-likeness (QED) is 0.602. The fourth-order valence-electron chi connectivity index (χ4n) is 1.07. The first-order valence-corrected chi connectivity index (χ1v) is 4.80. The Balaban J connectivity index is 3.33. The van der Waals surface area contributed by atoms with Crippen molar-refractivity contribution < 1.29 is 0 Å². The third-order valence-corrected chi connectivity index (χ3v) is 2.81. The molecule has 1 aromatic carbocycles. The fourth-order valence-corrected chi connectivity index (χ4v) is 2.04. The number of benzene rings is 1. The van der Waals surface area contributed by atoms with E-state index in [0.717, 1.165) is 5.56 Å². The van der Waals surface area contributed by atoms with Crippen molar-refractivity contribution in [2.45, 2.75) is 19.8 Å². The van der Waals surface area contributed by atoms with Crippen molar-refractivity contribution in [1.82, 2.24) is 0 Å². The molecule has 0 spiro atoms. The smallest absolute Gasteiger partial charge is 0.0641 e. The van der Waals surface area contributed by atoms with E-state index in [2.05, 4.69) is 0 Å². The van der Waals surface area contributed by atoms with Gasteiger partial charge in [0, 0.05) is 5.02 Å². The van der Waals surface area contributed by atoms with Crippen molar-refractivity contribution >= 4 is 34.8 Å². The summed E-state index contributed by atoms with van der Waals surface area (Å²) in [6.45, 7) is 4.06. The summed E-state index contributed by atoms with van der Waals surface area (Å²) in [6.07, 6.45) is 0. The summed E-state index contributed by atoms with van der Waals surface area (Å²) < 4.78 is 0. The maximum Gasteiger partial charge on any atom is 0.0641 e. The molecule has 0 N–H and O–H groups in total. The van der Waals surface area contributed by atoms with Crippen LogP contribution in [0.25, 0.3) is 0 Å². The van der Waals surface area contributed by atoms with E-state index in [4.69, 9.17) is 34.8 Å². The average Bonchev–Trinajstić information content (AvgIpc) is 1.97. The highest BCUT2D eigenvalue weighted by molar-refractivity contribution is 6.44. The minimum Gasteiger partial charge on any atom is -0.0840 e. The second-order valence-corrected chi connectivity index (χ2v) is 4.10. The summed E-state index contributed by atoms with van der Waals surface area (Å²) in [7, 11) is 0. The molecule has 0 aliphatic rings. The summed E-state index contributed by atoms with van der Waals surface area (Å²) in [5.74, 6) is 0.295. The predicted molar refractivity (Wildman–Crippen MR) is 55.6 cm³/mol. The lowest BCUT2D eigenvalue weighted by Crippen LogP contribution is -1.90. The molecular weight excluding hydrogens is 214 g/mol. The lowest BCUT2D eigenvalue weighted by atomic mass is 10.0. The zero-order valence-corrected chi connectivity index (χ0v) is 9.13. The van der Waals surface area contributed by atoms with Crippen LogP contribution >= 0.6 is 34.8 Å². The van der Waals surface area contributed by atoms with Gasteiger partial charge < -0.3 is 0 Å². The molecule has 12 heavy (non-hydrogen) atoms. The van der Waals surface area contributed by atoms with Crippen LogP contribution < -0.4 is 0 Å². The maximum absolute atomic E-state index is 5.98. The highest BCUT2D eigenvalue weighted by Gasteiger charge is 2.11. The molecular formula is C9H9Cl3. The zero-order chi connectivity index (χ0) is 9.30. The summed E-state index contributed by atoms with van der Waals surface area (Å²) >= 11 is 17.8. The molecule has 66 valence electrons. The van der Waals surface area contributed by atoms with Gasteiger partial charge in [-0.15, -0.1) is 0 Å². The first-order chi connectivity index (χ1) is 5.54. The van der Waals surface area contributed by atoms with Crippen molar-refractivity contribution in [2.24, 2.45) is 0 Å². The van der Waals surface area contributed by atoms with Crippen LogP contribution in [-0.4, -0.2) is 0 Å². The van der Waals surface area contributed by atoms with Gasteiger partial charge in [-0.05, 0) is 23.6 Å². The van der Waals surface area contributed by atoms with Crippen molar-refractivity contribution in [3.63, 3.8) is 0 Å². The molecule has 0 atom stereocenters. The van der Waals surface area contributed by atoms with Crippen LogP contribution in [0.3, 0.4) is 0 Å². The third-order valence-electron chi connectivity index (χ3n) is 1.66. The number of halogens is 3. The van der Waals surface area contributed by atoms with Gasteiger partial charge in [-0.25, -0.2) is 0 Å². The first kappa shape index (κ1) is 10.2. The molecule has 0 aromatic heterocycles. The van der Waals surface area contributed by atoms with Crippen molar-refractivity contribution in [1.29, 1.82) is 0 Å². The SMILES string of the molecule is CC(C)c1c(Cl)ccc(Cl)c1Cl.